The van der Waals surface area contributed by atoms with Gasteiger partial charge in [-0.1, -0.05) is 59.1 Å². The summed E-state index contributed by atoms with van der Waals surface area (Å²) >= 11 is 5.91. The van der Waals surface area contributed by atoms with Crippen LogP contribution in [0, 0.1) is 13.8 Å². The second kappa shape index (κ2) is 10.7. The molecule has 0 aliphatic carbocycles. The number of benzene rings is 3. The Balaban J connectivity index is 1.69. The van der Waals surface area contributed by atoms with Gasteiger partial charge >= 0.3 is 0 Å². The number of carbonyl (C=O) groups is 1. The van der Waals surface area contributed by atoms with Crippen LogP contribution in [-0.2, 0) is 21.2 Å². The minimum absolute atomic E-state index is 0.0784. The molecule has 168 valence electrons. The molecule has 0 saturated heterocycles. The molecule has 0 atom stereocenters. The Morgan fingerprint density at radius 1 is 0.875 bits per heavy atom. The third-order valence-corrected chi connectivity index (χ3v) is 7.14. The summed E-state index contributed by atoms with van der Waals surface area (Å²) in [7, 11) is -3.94. The van der Waals surface area contributed by atoms with Crippen molar-refractivity contribution in [3.05, 3.63) is 94.5 Å². The van der Waals surface area contributed by atoms with Gasteiger partial charge in [-0.05, 0) is 68.7 Å². The van der Waals surface area contributed by atoms with E-state index in [0.717, 1.165) is 22.7 Å². The lowest BCUT2D eigenvalue weighted by Gasteiger charge is -2.24. The Labute approximate surface area is 195 Å². The summed E-state index contributed by atoms with van der Waals surface area (Å²) in [5, 5.41) is 3.28. The van der Waals surface area contributed by atoms with Crippen LogP contribution in [0.3, 0.4) is 0 Å². The molecule has 0 aliphatic rings. The molecule has 1 amide bonds. The van der Waals surface area contributed by atoms with Crippen LogP contribution >= 0.6 is 11.6 Å². The molecule has 7 heteroatoms. The highest BCUT2D eigenvalue weighted by Crippen LogP contribution is 2.25. The van der Waals surface area contributed by atoms with Crippen LogP contribution in [0.25, 0.3) is 0 Å². The molecular formula is C25H27ClN2O3S. The zero-order valence-corrected chi connectivity index (χ0v) is 19.8. The Bertz CT molecular complexity index is 1140. The average molecular weight is 471 g/mol. The number of amides is 1. The fourth-order valence-electron chi connectivity index (χ4n) is 3.22. The number of hydrogen-bond acceptors (Lipinski definition) is 3. The molecule has 0 saturated carbocycles. The molecule has 0 aliphatic heterocycles. The SMILES string of the molecule is Cc1ccc(CCCNC(=O)CN(c2ccc(C)cc2)S(=O)(=O)c2ccc(Cl)cc2)cc1. The van der Waals surface area contributed by atoms with Gasteiger partial charge in [-0.3, -0.25) is 9.10 Å². The van der Waals surface area contributed by atoms with E-state index in [2.05, 4.69) is 29.6 Å². The molecule has 0 radical (unpaired) electrons. The highest BCUT2D eigenvalue weighted by molar-refractivity contribution is 7.92. The zero-order chi connectivity index (χ0) is 23.1. The summed E-state index contributed by atoms with van der Waals surface area (Å²) in [4.78, 5) is 12.7. The molecular weight excluding hydrogens is 444 g/mol. The van der Waals surface area contributed by atoms with Gasteiger partial charge in [-0.2, -0.15) is 0 Å². The van der Waals surface area contributed by atoms with Crippen molar-refractivity contribution in [3.8, 4) is 0 Å². The van der Waals surface area contributed by atoms with Crippen LogP contribution in [0.5, 0.6) is 0 Å². The first kappa shape index (κ1) is 23.8. The lowest BCUT2D eigenvalue weighted by Crippen LogP contribution is -2.41. The molecule has 0 unspecified atom stereocenters. The van der Waals surface area contributed by atoms with Crippen molar-refractivity contribution in [2.24, 2.45) is 0 Å². The summed E-state index contributed by atoms with van der Waals surface area (Å²) in [6, 6.07) is 21.3. The summed E-state index contributed by atoms with van der Waals surface area (Å²) < 4.78 is 27.7. The van der Waals surface area contributed by atoms with E-state index in [0.29, 0.717) is 17.3 Å². The van der Waals surface area contributed by atoms with E-state index in [1.807, 2.05) is 26.0 Å². The average Bonchev–Trinajstić information content (AvgIpc) is 2.77. The van der Waals surface area contributed by atoms with Crippen molar-refractivity contribution in [1.82, 2.24) is 5.32 Å². The third kappa shape index (κ3) is 6.34. The number of aryl methyl sites for hydroxylation is 3. The Kier molecular flexibility index (Phi) is 7.94. The Morgan fingerprint density at radius 3 is 2.03 bits per heavy atom. The first-order chi connectivity index (χ1) is 15.3. The van der Waals surface area contributed by atoms with E-state index in [1.165, 1.54) is 35.4 Å². The highest BCUT2D eigenvalue weighted by atomic mass is 35.5. The molecule has 0 aromatic heterocycles. The minimum atomic E-state index is -3.94. The molecule has 32 heavy (non-hydrogen) atoms. The van der Waals surface area contributed by atoms with Crippen molar-refractivity contribution >= 4 is 33.2 Å². The van der Waals surface area contributed by atoms with Crippen molar-refractivity contribution in [3.63, 3.8) is 0 Å². The molecule has 0 spiro atoms. The summed E-state index contributed by atoms with van der Waals surface area (Å²) in [5.41, 5.74) is 3.84. The van der Waals surface area contributed by atoms with Gasteiger partial charge in [0.15, 0.2) is 0 Å². The van der Waals surface area contributed by atoms with Gasteiger partial charge in [0, 0.05) is 11.6 Å². The van der Waals surface area contributed by atoms with Crippen LogP contribution in [-0.4, -0.2) is 27.4 Å². The van der Waals surface area contributed by atoms with Crippen LogP contribution in [0.1, 0.15) is 23.1 Å². The lowest BCUT2D eigenvalue weighted by molar-refractivity contribution is -0.119. The predicted molar refractivity (Wildman–Crippen MR) is 130 cm³/mol. The summed E-state index contributed by atoms with van der Waals surface area (Å²) in [5.74, 6) is -0.355. The van der Waals surface area contributed by atoms with Crippen molar-refractivity contribution in [1.29, 1.82) is 0 Å². The van der Waals surface area contributed by atoms with Crippen LogP contribution in [0.15, 0.2) is 77.7 Å². The third-order valence-electron chi connectivity index (χ3n) is 5.10. The first-order valence-electron chi connectivity index (χ1n) is 10.4. The number of nitrogens with zero attached hydrogens (tertiary/aromatic N) is 1. The summed E-state index contributed by atoms with van der Waals surface area (Å²) in [6.07, 6.45) is 1.61. The van der Waals surface area contributed by atoms with E-state index in [9.17, 15) is 13.2 Å². The monoisotopic (exact) mass is 470 g/mol. The topological polar surface area (TPSA) is 66.5 Å². The Morgan fingerprint density at radius 2 is 1.44 bits per heavy atom. The van der Waals surface area contributed by atoms with Gasteiger partial charge < -0.3 is 5.32 Å². The molecule has 0 bridgehead atoms. The first-order valence-corrected chi connectivity index (χ1v) is 12.2. The van der Waals surface area contributed by atoms with Gasteiger partial charge in [0.1, 0.15) is 6.54 Å². The van der Waals surface area contributed by atoms with Gasteiger partial charge in [-0.25, -0.2) is 8.42 Å². The fraction of sp³-hybridized carbons (Fsp3) is 0.240. The number of sulfonamides is 1. The zero-order valence-electron chi connectivity index (χ0n) is 18.2. The van der Waals surface area contributed by atoms with Gasteiger partial charge in [0.2, 0.25) is 5.91 Å². The second-order valence-corrected chi connectivity index (χ2v) is 10.0. The minimum Gasteiger partial charge on any atom is -0.355 e. The quantitative estimate of drug-likeness (QED) is 0.452. The normalized spacial score (nSPS) is 11.2. The van der Waals surface area contributed by atoms with Crippen molar-refractivity contribution in [2.45, 2.75) is 31.6 Å². The second-order valence-electron chi connectivity index (χ2n) is 7.74. The maximum Gasteiger partial charge on any atom is 0.264 e. The van der Waals surface area contributed by atoms with Gasteiger partial charge in [-0.15, -0.1) is 0 Å². The fourth-order valence-corrected chi connectivity index (χ4v) is 4.77. The number of carbonyl (C=O) groups excluding carboxylic acids is 1. The number of rotatable bonds is 9. The van der Waals surface area contributed by atoms with Crippen molar-refractivity contribution < 1.29 is 13.2 Å². The summed E-state index contributed by atoms with van der Waals surface area (Å²) in [6.45, 7) is 4.12. The molecule has 5 nitrogen and oxygen atoms in total. The molecule has 0 heterocycles. The van der Waals surface area contributed by atoms with Gasteiger partial charge in [0.05, 0.1) is 10.6 Å². The Hall–Kier alpha value is -2.83. The van der Waals surface area contributed by atoms with E-state index < -0.39 is 10.0 Å². The maximum atomic E-state index is 13.3. The number of hydrogen-bond donors (Lipinski definition) is 1. The smallest absolute Gasteiger partial charge is 0.264 e. The van der Waals surface area contributed by atoms with Crippen LogP contribution < -0.4 is 9.62 Å². The van der Waals surface area contributed by atoms with Gasteiger partial charge in [0.25, 0.3) is 10.0 Å². The number of anilines is 1. The standard InChI is InChI=1S/C25H27ClN2O3S/c1-19-5-9-21(10-6-19)4-3-17-27-25(29)18-28(23-13-7-20(2)8-14-23)32(30,31)24-15-11-22(26)12-16-24/h5-16H,3-4,17-18H2,1-2H3,(H,27,29). The molecule has 3 aromatic carbocycles. The van der Waals surface area contributed by atoms with E-state index in [-0.39, 0.29) is 17.3 Å². The number of halogens is 1. The molecule has 3 rings (SSSR count). The van der Waals surface area contributed by atoms with E-state index in [1.54, 1.807) is 12.1 Å². The molecule has 0 fully saturated rings. The van der Waals surface area contributed by atoms with E-state index >= 15 is 0 Å². The van der Waals surface area contributed by atoms with E-state index in [4.69, 9.17) is 11.6 Å². The van der Waals surface area contributed by atoms with Crippen LogP contribution in [0.4, 0.5) is 5.69 Å². The number of nitrogens with one attached hydrogen (secondary N) is 1. The highest BCUT2D eigenvalue weighted by Gasteiger charge is 2.27. The molecule has 3 aromatic rings. The van der Waals surface area contributed by atoms with Crippen LogP contribution in [0.2, 0.25) is 5.02 Å². The maximum absolute atomic E-state index is 13.3. The lowest BCUT2D eigenvalue weighted by atomic mass is 10.1. The van der Waals surface area contributed by atoms with Crippen molar-refractivity contribution in [2.75, 3.05) is 17.4 Å². The predicted octanol–water partition coefficient (Wildman–Crippen LogP) is 4.90. The molecule has 1 N–H and O–H groups in total. The largest absolute Gasteiger partial charge is 0.355 e.